The summed E-state index contributed by atoms with van der Waals surface area (Å²) < 4.78 is 0. The van der Waals surface area contributed by atoms with Crippen molar-refractivity contribution in [3.63, 3.8) is 0 Å². The van der Waals surface area contributed by atoms with Gasteiger partial charge in [-0.15, -0.1) is 0 Å². The molecule has 1 aromatic rings. The number of carboxylic acids is 1. The highest BCUT2D eigenvalue weighted by Crippen LogP contribution is 2.23. The minimum Gasteiger partial charge on any atom is -0.478 e. The van der Waals surface area contributed by atoms with Gasteiger partial charge in [0.25, 0.3) is 0 Å². The summed E-state index contributed by atoms with van der Waals surface area (Å²) >= 11 is 0. The minimum atomic E-state index is -1.43. The fraction of sp³-hybridized carbons (Fsp3) is 0.273. The van der Waals surface area contributed by atoms with Crippen LogP contribution in [0, 0.1) is 0 Å². The topological polar surface area (TPSA) is 147 Å². The Balaban J connectivity index is 3.01. The van der Waals surface area contributed by atoms with E-state index >= 15 is 0 Å². The molecule has 0 aromatic heterocycles. The molecule has 0 radical (unpaired) electrons. The average molecular weight is 254 g/mol. The molecule has 0 spiro atoms. The molecule has 0 heterocycles. The van der Waals surface area contributed by atoms with Crippen LogP contribution in [0.3, 0.4) is 0 Å². The third-order valence-corrected chi connectivity index (χ3v) is 2.34. The first-order valence-electron chi connectivity index (χ1n) is 5.09. The van der Waals surface area contributed by atoms with Gasteiger partial charge in [0.1, 0.15) is 6.10 Å². The number of carbonyl (C=O) groups excluding carboxylic acids is 1. The van der Waals surface area contributed by atoms with Gasteiger partial charge >= 0.3 is 5.97 Å². The van der Waals surface area contributed by atoms with Gasteiger partial charge in [-0.2, -0.15) is 0 Å². The highest BCUT2D eigenvalue weighted by Gasteiger charge is 2.21. The summed E-state index contributed by atoms with van der Waals surface area (Å²) in [5.41, 5.74) is 10.5. The van der Waals surface area contributed by atoms with Crippen molar-refractivity contribution in [1.29, 1.82) is 0 Å². The van der Waals surface area contributed by atoms with Crippen LogP contribution in [-0.2, 0) is 4.79 Å². The van der Waals surface area contributed by atoms with E-state index in [-0.39, 0.29) is 16.8 Å². The van der Waals surface area contributed by atoms with Crippen LogP contribution in [0.1, 0.15) is 28.4 Å². The largest absolute Gasteiger partial charge is 0.478 e. The predicted octanol–water partition coefficient (Wildman–Crippen LogP) is -0.763. The molecule has 7 nitrogen and oxygen atoms in total. The van der Waals surface area contributed by atoms with Crippen LogP contribution in [0.25, 0.3) is 0 Å². The molecule has 0 bridgehead atoms. The number of benzene rings is 1. The highest BCUT2D eigenvalue weighted by molar-refractivity contribution is 5.89. The molecule has 1 rings (SSSR count). The average Bonchev–Trinajstić information content (AvgIpc) is 2.26. The van der Waals surface area contributed by atoms with Gasteiger partial charge in [-0.1, -0.05) is 0 Å². The van der Waals surface area contributed by atoms with Crippen LogP contribution in [0.4, 0.5) is 5.69 Å². The van der Waals surface area contributed by atoms with E-state index in [9.17, 15) is 19.8 Å². The number of carbonyl (C=O) groups is 2. The molecule has 2 atom stereocenters. The molecule has 0 aliphatic carbocycles. The van der Waals surface area contributed by atoms with E-state index < -0.39 is 30.5 Å². The molecule has 1 aromatic carbocycles. The van der Waals surface area contributed by atoms with Gasteiger partial charge in [0.05, 0.1) is 18.1 Å². The number of hydrogen-bond donors (Lipinski definition) is 5. The fourth-order valence-electron chi connectivity index (χ4n) is 1.51. The number of hydrogen-bond acceptors (Lipinski definition) is 5. The summed E-state index contributed by atoms with van der Waals surface area (Å²) in [7, 11) is 0. The standard InChI is InChI=1S/C11H14N2O5/c12-7-2-5(1-6(3-7)11(17)18)10(16)8(14)4-9(13)15/h1-3,8,10,14,16H,4,12H2,(H2,13,15)(H,17,18). The number of nitrogens with two attached hydrogens (primary N) is 2. The summed E-state index contributed by atoms with van der Waals surface area (Å²) in [6.07, 6.45) is -3.27. The van der Waals surface area contributed by atoms with Gasteiger partial charge in [0, 0.05) is 5.69 Å². The summed E-state index contributed by atoms with van der Waals surface area (Å²) in [4.78, 5) is 21.4. The fourth-order valence-corrected chi connectivity index (χ4v) is 1.51. The van der Waals surface area contributed by atoms with E-state index in [1.54, 1.807) is 0 Å². The van der Waals surface area contributed by atoms with Gasteiger partial charge < -0.3 is 26.8 Å². The van der Waals surface area contributed by atoms with Gasteiger partial charge in [0.15, 0.2) is 0 Å². The first kappa shape index (κ1) is 13.9. The molecule has 0 fully saturated rings. The van der Waals surface area contributed by atoms with E-state index in [1.807, 2.05) is 0 Å². The van der Waals surface area contributed by atoms with Crippen molar-refractivity contribution in [1.82, 2.24) is 0 Å². The molecule has 18 heavy (non-hydrogen) atoms. The minimum absolute atomic E-state index is 0.112. The Morgan fingerprint density at radius 1 is 1.22 bits per heavy atom. The zero-order chi connectivity index (χ0) is 13.9. The molecule has 7 N–H and O–H groups in total. The van der Waals surface area contributed by atoms with Gasteiger partial charge in [-0.3, -0.25) is 4.79 Å². The molecule has 7 heteroatoms. The quantitative estimate of drug-likeness (QED) is 0.436. The monoisotopic (exact) mass is 254 g/mol. The van der Waals surface area contributed by atoms with E-state index in [4.69, 9.17) is 16.6 Å². The van der Waals surface area contributed by atoms with Crippen molar-refractivity contribution in [2.45, 2.75) is 18.6 Å². The van der Waals surface area contributed by atoms with Gasteiger partial charge in [0.2, 0.25) is 5.91 Å². The van der Waals surface area contributed by atoms with Crippen LogP contribution in [0.15, 0.2) is 18.2 Å². The third-order valence-electron chi connectivity index (χ3n) is 2.34. The Morgan fingerprint density at radius 3 is 2.33 bits per heavy atom. The first-order valence-corrected chi connectivity index (χ1v) is 5.09. The summed E-state index contributed by atoms with van der Waals surface area (Å²) in [5, 5.41) is 28.1. The lowest BCUT2D eigenvalue weighted by Gasteiger charge is -2.17. The Morgan fingerprint density at radius 2 is 1.83 bits per heavy atom. The van der Waals surface area contributed by atoms with Crippen LogP contribution >= 0.6 is 0 Å². The van der Waals surface area contributed by atoms with Crippen molar-refractivity contribution >= 4 is 17.6 Å². The second-order valence-electron chi connectivity index (χ2n) is 3.88. The Hall–Kier alpha value is -2.12. The lowest BCUT2D eigenvalue weighted by Crippen LogP contribution is -2.25. The lowest BCUT2D eigenvalue weighted by atomic mass is 9.99. The molecule has 0 saturated carbocycles. The van der Waals surface area contributed by atoms with Crippen molar-refractivity contribution in [2.24, 2.45) is 5.73 Å². The van der Waals surface area contributed by atoms with E-state index in [1.165, 1.54) is 18.2 Å². The molecule has 0 saturated heterocycles. The van der Waals surface area contributed by atoms with Crippen molar-refractivity contribution in [3.8, 4) is 0 Å². The van der Waals surface area contributed by atoms with Crippen molar-refractivity contribution in [3.05, 3.63) is 29.3 Å². The normalized spacial score (nSPS) is 13.9. The Kier molecular flexibility index (Phi) is 4.24. The first-order chi connectivity index (χ1) is 8.31. The molecule has 0 aliphatic heterocycles. The zero-order valence-electron chi connectivity index (χ0n) is 9.41. The molecule has 98 valence electrons. The SMILES string of the molecule is NC(=O)CC(O)C(O)c1cc(N)cc(C(=O)O)c1. The highest BCUT2D eigenvalue weighted by atomic mass is 16.4. The number of primary amides is 1. The van der Waals surface area contributed by atoms with Gasteiger partial charge in [-0.25, -0.2) is 4.79 Å². The number of aliphatic hydroxyl groups is 2. The number of rotatable bonds is 5. The molecular formula is C11H14N2O5. The summed E-state index contributed by atoms with van der Waals surface area (Å²) in [5.74, 6) is -1.98. The second-order valence-corrected chi connectivity index (χ2v) is 3.88. The van der Waals surface area contributed by atoms with Gasteiger partial charge in [-0.05, 0) is 23.8 Å². The predicted molar refractivity (Wildman–Crippen MR) is 62.6 cm³/mol. The second kappa shape index (κ2) is 5.48. The van der Waals surface area contributed by atoms with Crippen molar-refractivity contribution in [2.75, 3.05) is 5.73 Å². The van der Waals surface area contributed by atoms with Crippen LogP contribution in [0.5, 0.6) is 0 Å². The number of aromatic carboxylic acids is 1. The zero-order valence-corrected chi connectivity index (χ0v) is 9.41. The third kappa shape index (κ3) is 3.44. The van der Waals surface area contributed by atoms with Crippen LogP contribution < -0.4 is 11.5 Å². The van der Waals surface area contributed by atoms with Crippen molar-refractivity contribution < 1.29 is 24.9 Å². The lowest BCUT2D eigenvalue weighted by molar-refractivity contribution is -0.121. The molecule has 0 aliphatic rings. The smallest absolute Gasteiger partial charge is 0.335 e. The Labute approximate surface area is 103 Å². The van der Waals surface area contributed by atoms with Crippen LogP contribution in [0.2, 0.25) is 0 Å². The number of amides is 1. The van der Waals surface area contributed by atoms with E-state index in [0.717, 1.165) is 0 Å². The van der Waals surface area contributed by atoms with Crippen LogP contribution in [-0.4, -0.2) is 33.3 Å². The number of aliphatic hydroxyl groups excluding tert-OH is 2. The van der Waals surface area contributed by atoms with E-state index in [0.29, 0.717) is 0 Å². The Bertz CT molecular complexity index is 475. The maximum atomic E-state index is 10.8. The summed E-state index contributed by atoms with van der Waals surface area (Å²) in [6.45, 7) is 0. The number of anilines is 1. The van der Waals surface area contributed by atoms with E-state index in [2.05, 4.69) is 0 Å². The molecular weight excluding hydrogens is 240 g/mol. The maximum absolute atomic E-state index is 10.8. The number of nitrogen functional groups attached to an aromatic ring is 1. The maximum Gasteiger partial charge on any atom is 0.335 e. The molecule has 2 unspecified atom stereocenters. The number of carboxylic acid groups (broad SMARTS) is 1. The summed E-state index contributed by atoms with van der Waals surface area (Å²) in [6, 6.07) is 3.72. The molecule has 1 amide bonds.